The van der Waals surface area contributed by atoms with E-state index in [0.29, 0.717) is 0 Å². The molecule has 96 valence electrons. The summed E-state index contributed by atoms with van der Waals surface area (Å²) < 4.78 is 1.85. The van der Waals surface area contributed by atoms with Crippen LogP contribution in [0.3, 0.4) is 0 Å². The first kappa shape index (κ1) is 12.5. The summed E-state index contributed by atoms with van der Waals surface area (Å²) >= 11 is 0. The topological polar surface area (TPSA) is 47.1 Å². The molecule has 0 unspecified atom stereocenters. The van der Waals surface area contributed by atoms with Gasteiger partial charge in [0.1, 0.15) is 0 Å². The zero-order valence-electron chi connectivity index (χ0n) is 11.2. The van der Waals surface area contributed by atoms with Gasteiger partial charge in [-0.2, -0.15) is 5.10 Å². The number of nitrogens with two attached hydrogens (primary N) is 1. The molecule has 1 aromatic heterocycles. The lowest BCUT2D eigenvalue weighted by Gasteiger charge is -2.19. The van der Waals surface area contributed by atoms with Gasteiger partial charge in [0.05, 0.1) is 11.4 Å². The molecule has 0 spiro atoms. The second-order valence-corrected chi connectivity index (χ2v) is 4.45. The van der Waals surface area contributed by atoms with Crippen molar-refractivity contribution in [2.24, 2.45) is 7.05 Å². The predicted octanol–water partition coefficient (Wildman–Crippen LogP) is 2.72. The van der Waals surface area contributed by atoms with E-state index in [1.165, 1.54) is 0 Å². The van der Waals surface area contributed by atoms with Gasteiger partial charge in [-0.15, -0.1) is 0 Å². The number of nitrogens with zero attached hydrogens (tertiary/aromatic N) is 3. The summed E-state index contributed by atoms with van der Waals surface area (Å²) in [6.45, 7) is 2.13. The van der Waals surface area contributed by atoms with Gasteiger partial charge < -0.3 is 10.6 Å². The molecular formula is C14H20N4. The van der Waals surface area contributed by atoms with E-state index in [1.54, 1.807) is 0 Å². The summed E-state index contributed by atoms with van der Waals surface area (Å²) in [5.74, 6) is 0.949. The zero-order valence-corrected chi connectivity index (χ0v) is 11.2. The number of hydrogen-bond donors (Lipinski definition) is 1. The van der Waals surface area contributed by atoms with Crippen LogP contribution >= 0.6 is 0 Å². The van der Waals surface area contributed by atoms with E-state index in [0.717, 1.165) is 35.7 Å². The van der Waals surface area contributed by atoms with Crippen molar-refractivity contribution in [3.8, 4) is 0 Å². The lowest BCUT2D eigenvalue weighted by molar-refractivity contribution is 0.730. The SMILES string of the molecule is CCCc1nn(C)c(N(C)c2ccccc2)c1N. The van der Waals surface area contributed by atoms with Crippen molar-refractivity contribution < 1.29 is 0 Å². The van der Waals surface area contributed by atoms with Crippen molar-refractivity contribution in [1.82, 2.24) is 9.78 Å². The van der Waals surface area contributed by atoms with E-state index in [-0.39, 0.29) is 0 Å². The van der Waals surface area contributed by atoms with Crippen LogP contribution in [0.5, 0.6) is 0 Å². The Hall–Kier alpha value is -1.97. The number of aryl methyl sites for hydroxylation is 2. The third-order valence-corrected chi connectivity index (χ3v) is 3.08. The third-order valence-electron chi connectivity index (χ3n) is 3.08. The quantitative estimate of drug-likeness (QED) is 0.899. The summed E-state index contributed by atoms with van der Waals surface area (Å²) in [5, 5.41) is 4.50. The van der Waals surface area contributed by atoms with Crippen LogP contribution < -0.4 is 10.6 Å². The number of rotatable bonds is 4. The summed E-state index contributed by atoms with van der Waals surface area (Å²) in [6.07, 6.45) is 1.97. The molecule has 0 radical (unpaired) electrons. The number of hydrogen-bond acceptors (Lipinski definition) is 3. The molecule has 0 aliphatic heterocycles. The maximum Gasteiger partial charge on any atom is 0.154 e. The molecular weight excluding hydrogens is 224 g/mol. The second kappa shape index (κ2) is 5.12. The average Bonchev–Trinajstić information content (AvgIpc) is 2.65. The van der Waals surface area contributed by atoms with Gasteiger partial charge in [-0.25, -0.2) is 0 Å². The van der Waals surface area contributed by atoms with E-state index < -0.39 is 0 Å². The van der Waals surface area contributed by atoms with Gasteiger partial charge in [-0.1, -0.05) is 31.5 Å². The van der Waals surface area contributed by atoms with Crippen molar-refractivity contribution in [2.75, 3.05) is 17.7 Å². The highest BCUT2D eigenvalue weighted by Crippen LogP contribution is 2.31. The molecule has 0 amide bonds. The minimum atomic E-state index is 0.783. The van der Waals surface area contributed by atoms with Crippen LogP contribution in [0.15, 0.2) is 30.3 Å². The predicted molar refractivity (Wildman–Crippen MR) is 76.1 cm³/mol. The number of benzene rings is 1. The van der Waals surface area contributed by atoms with Crippen LogP contribution in [0.1, 0.15) is 19.0 Å². The van der Waals surface area contributed by atoms with Gasteiger partial charge in [0.25, 0.3) is 0 Å². The molecule has 2 aromatic rings. The molecule has 0 saturated carbocycles. The average molecular weight is 244 g/mol. The van der Waals surface area contributed by atoms with Crippen LogP contribution in [0.4, 0.5) is 17.2 Å². The maximum absolute atomic E-state index is 6.20. The summed E-state index contributed by atoms with van der Waals surface area (Å²) in [5.41, 5.74) is 9.08. The lowest BCUT2D eigenvalue weighted by Crippen LogP contribution is -2.14. The molecule has 0 bridgehead atoms. The minimum absolute atomic E-state index is 0.783. The standard InChI is InChI=1S/C14H20N4/c1-4-8-12-13(15)14(18(3)16-12)17(2)11-9-6-5-7-10-11/h5-7,9-10H,4,8,15H2,1-3H3. The normalized spacial score (nSPS) is 10.6. The van der Waals surface area contributed by atoms with Gasteiger partial charge in [-0.3, -0.25) is 4.68 Å². The Balaban J connectivity index is 2.39. The highest BCUT2D eigenvalue weighted by molar-refractivity contribution is 5.73. The molecule has 4 nitrogen and oxygen atoms in total. The highest BCUT2D eigenvalue weighted by atomic mass is 15.4. The van der Waals surface area contributed by atoms with Gasteiger partial charge >= 0.3 is 0 Å². The van der Waals surface area contributed by atoms with E-state index in [9.17, 15) is 0 Å². The van der Waals surface area contributed by atoms with Crippen LogP contribution in [0.2, 0.25) is 0 Å². The zero-order chi connectivity index (χ0) is 13.1. The molecule has 0 atom stereocenters. The Kier molecular flexibility index (Phi) is 3.55. The molecule has 2 rings (SSSR count). The Labute approximate surface area is 108 Å². The van der Waals surface area contributed by atoms with Crippen LogP contribution in [0.25, 0.3) is 0 Å². The summed E-state index contributed by atoms with van der Waals surface area (Å²) in [4.78, 5) is 2.07. The molecule has 18 heavy (non-hydrogen) atoms. The van der Waals surface area contributed by atoms with Crippen molar-refractivity contribution >= 4 is 17.2 Å². The van der Waals surface area contributed by atoms with Crippen LogP contribution in [-0.4, -0.2) is 16.8 Å². The van der Waals surface area contributed by atoms with Crippen LogP contribution in [-0.2, 0) is 13.5 Å². The number of nitrogen functional groups attached to an aromatic ring is 1. The largest absolute Gasteiger partial charge is 0.394 e. The molecule has 0 aliphatic rings. The van der Waals surface area contributed by atoms with E-state index in [2.05, 4.69) is 29.1 Å². The van der Waals surface area contributed by atoms with Crippen molar-refractivity contribution in [3.63, 3.8) is 0 Å². The molecule has 4 heteroatoms. The van der Waals surface area contributed by atoms with Crippen LogP contribution in [0, 0.1) is 0 Å². The molecule has 0 fully saturated rings. The molecule has 0 saturated heterocycles. The smallest absolute Gasteiger partial charge is 0.154 e. The van der Waals surface area contributed by atoms with E-state index in [1.807, 2.05) is 37.0 Å². The molecule has 2 N–H and O–H groups in total. The van der Waals surface area contributed by atoms with Crippen molar-refractivity contribution in [3.05, 3.63) is 36.0 Å². The van der Waals surface area contributed by atoms with Crippen molar-refractivity contribution in [2.45, 2.75) is 19.8 Å². The first-order valence-electron chi connectivity index (χ1n) is 6.25. The number of para-hydroxylation sites is 1. The Morgan fingerprint density at radius 1 is 1.28 bits per heavy atom. The highest BCUT2D eigenvalue weighted by Gasteiger charge is 2.17. The summed E-state index contributed by atoms with van der Waals surface area (Å²) in [6, 6.07) is 10.2. The second-order valence-electron chi connectivity index (χ2n) is 4.45. The first-order chi connectivity index (χ1) is 8.65. The Bertz CT molecular complexity index is 516. The van der Waals surface area contributed by atoms with Crippen molar-refractivity contribution in [1.29, 1.82) is 0 Å². The fraction of sp³-hybridized carbons (Fsp3) is 0.357. The Morgan fingerprint density at radius 3 is 2.56 bits per heavy atom. The first-order valence-corrected chi connectivity index (χ1v) is 6.25. The van der Waals surface area contributed by atoms with Gasteiger partial charge in [0.15, 0.2) is 5.82 Å². The van der Waals surface area contributed by atoms with E-state index >= 15 is 0 Å². The monoisotopic (exact) mass is 244 g/mol. The molecule has 1 heterocycles. The van der Waals surface area contributed by atoms with E-state index in [4.69, 9.17) is 5.73 Å². The molecule has 1 aromatic carbocycles. The fourth-order valence-corrected chi connectivity index (χ4v) is 2.18. The fourth-order valence-electron chi connectivity index (χ4n) is 2.18. The van der Waals surface area contributed by atoms with Gasteiger partial charge in [-0.05, 0) is 18.6 Å². The van der Waals surface area contributed by atoms with Gasteiger partial charge in [0, 0.05) is 19.8 Å². The molecule has 0 aliphatic carbocycles. The number of anilines is 3. The minimum Gasteiger partial charge on any atom is -0.394 e. The van der Waals surface area contributed by atoms with Gasteiger partial charge in [0.2, 0.25) is 0 Å². The summed E-state index contributed by atoms with van der Waals surface area (Å²) in [7, 11) is 3.95. The Morgan fingerprint density at radius 2 is 1.94 bits per heavy atom. The number of aromatic nitrogens is 2. The third kappa shape index (κ3) is 2.18. The lowest BCUT2D eigenvalue weighted by atomic mass is 10.2. The maximum atomic E-state index is 6.20.